The third-order valence-electron chi connectivity index (χ3n) is 1.95. The van der Waals surface area contributed by atoms with Crippen molar-refractivity contribution in [3.8, 4) is 0 Å². The largest absolute Gasteiger partial charge is 0.444 e. The molecule has 0 aliphatic heterocycles. The van der Waals surface area contributed by atoms with E-state index in [-0.39, 0.29) is 5.96 Å². The standard InChI is InChI=1S/C14H22N4O4/c1-13(2,3)21-11(19)16-10(18-8-7-15-9-18)17-12(20)22-14(4,5)6/h7-9H,1-6H3,(H,16,17,19,20). The summed E-state index contributed by atoms with van der Waals surface area (Å²) in [4.78, 5) is 31.2. The van der Waals surface area contributed by atoms with E-state index < -0.39 is 23.4 Å². The van der Waals surface area contributed by atoms with Gasteiger partial charge in [0.1, 0.15) is 17.5 Å². The number of imidazole rings is 1. The summed E-state index contributed by atoms with van der Waals surface area (Å²) < 4.78 is 11.6. The van der Waals surface area contributed by atoms with Gasteiger partial charge >= 0.3 is 12.2 Å². The third-order valence-corrected chi connectivity index (χ3v) is 1.95. The number of aromatic nitrogens is 2. The van der Waals surface area contributed by atoms with Crippen LogP contribution in [0.4, 0.5) is 9.59 Å². The van der Waals surface area contributed by atoms with Gasteiger partial charge in [0.15, 0.2) is 0 Å². The molecule has 0 aromatic carbocycles. The molecule has 0 radical (unpaired) electrons. The second kappa shape index (κ2) is 6.59. The van der Waals surface area contributed by atoms with Crippen LogP contribution in [0.15, 0.2) is 23.7 Å². The summed E-state index contributed by atoms with van der Waals surface area (Å²) >= 11 is 0. The minimum absolute atomic E-state index is 0.0546. The molecule has 0 saturated heterocycles. The molecule has 0 bridgehead atoms. The van der Waals surface area contributed by atoms with E-state index in [4.69, 9.17) is 9.47 Å². The van der Waals surface area contributed by atoms with E-state index in [2.05, 4.69) is 15.3 Å². The van der Waals surface area contributed by atoms with Crippen LogP contribution < -0.4 is 5.32 Å². The van der Waals surface area contributed by atoms with Crippen LogP contribution in [-0.4, -0.2) is 38.9 Å². The van der Waals surface area contributed by atoms with Crippen molar-refractivity contribution in [3.05, 3.63) is 18.7 Å². The number of hydrogen-bond acceptors (Lipinski definition) is 5. The quantitative estimate of drug-likeness (QED) is 0.587. The predicted octanol–water partition coefficient (Wildman–Crippen LogP) is 2.55. The van der Waals surface area contributed by atoms with Gasteiger partial charge in [-0.1, -0.05) is 0 Å². The number of nitrogens with one attached hydrogen (secondary N) is 1. The van der Waals surface area contributed by atoms with Gasteiger partial charge in [0.2, 0.25) is 5.96 Å². The predicted molar refractivity (Wildman–Crippen MR) is 80.7 cm³/mol. The van der Waals surface area contributed by atoms with Crippen LogP contribution in [0.2, 0.25) is 0 Å². The van der Waals surface area contributed by atoms with Crippen molar-refractivity contribution in [2.75, 3.05) is 0 Å². The Hall–Kier alpha value is -2.38. The van der Waals surface area contributed by atoms with E-state index >= 15 is 0 Å². The molecule has 2 amide bonds. The summed E-state index contributed by atoms with van der Waals surface area (Å²) in [6.45, 7) is 10.4. The molecule has 0 fully saturated rings. The molecule has 0 atom stereocenters. The molecule has 1 heterocycles. The summed E-state index contributed by atoms with van der Waals surface area (Å²) in [6, 6.07) is 0. The Morgan fingerprint density at radius 1 is 1.09 bits per heavy atom. The summed E-state index contributed by atoms with van der Waals surface area (Å²) in [6.07, 6.45) is 2.85. The van der Waals surface area contributed by atoms with Crippen molar-refractivity contribution in [2.24, 2.45) is 4.99 Å². The highest BCUT2D eigenvalue weighted by Crippen LogP contribution is 2.09. The minimum Gasteiger partial charge on any atom is -0.444 e. The zero-order valence-electron chi connectivity index (χ0n) is 13.7. The van der Waals surface area contributed by atoms with Crippen LogP contribution in [0.3, 0.4) is 0 Å². The summed E-state index contributed by atoms with van der Waals surface area (Å²) in [5, 5.41) is 2.40. The molecule has 0 unspecified atom stereocenters. The second-order valence-corrected chi connectivity index (χ2v) is 6.51. The molecular formula is C14H22N4O4. The van der Waals surface area contributed by atoms with E-state index in [1.165, 1.54) is 23.3 Å². The lowest BCUT2D eigenvalue weighted by atomic mass is 10.2. The van der Waals surface area contributed by atoms with E-state index in [1.807, 2.05) is 0 Å². The molecular weight excluding hydrogens is 288 g/mol. The molecule has 122 valence electrons. The second-order valence-electron chi connectivity index (χ2n) is 6.51. The Morgan fingerprint density at radius 2 is 1.68 bits per heavy atom. The number of amides is 2. The van der Waals surface area contributed by atoms with Crippen molar-refractivity contribution in [1.82, 2.24) is 14.9 Å². The molecule has 8 nitrogen and oxygen atoms in total. The topological polar surface area (TPSA) is 94.8 Å². The van der Waals surface area contributed by atoms with Crippen molar-refractivity contribution in [2.45, 2.75) is 52.7 Å². The van der Waals surface area contributed by atoms with Crippen molar-refractivity contribution >= 4 is 18.1 Å². The van der Waals surface area contributed by atoms with Crippen molar-refractivity contribution in [3.63, 3.8) is 0 Å². The van der Waals surface area contributed by atoms with Gasteiger partial charge in [-0.05, 0) is 41.5 Å². The highest BCUT2D eigenvalue weighted by atomic mass is 16.6. The van der Waals surface area contributed by atoms with Crippen LogP contribution >= 0.6 is 0 Å². The van der Waals surface area contributed by atoms with Gasteiger partial charge in [-0.25, -0.2) is 14.6 Å². The minimum atomic E-state index is -0.827. The smallest absolute Gasteiger partial charge is 0.437 e. The molecule has 1 rings (SSSR count). The Bertz CT molecular complexity index is 550. The molecule has 22 heavy (non-hydrogen) atoms. The number of nitrogens with zero attached hydrogens (tertiary/aromatic N) is 3. The fraction of sp³-hybridized carbons (Fsp3) is 0.571. The Balaban J connectivity index is 2.91. The third kappa shape index (κ3) is 6.87. The maximum atomic E-state index is 11.8. The van der Waals surface area contributed by atoms with Crippen molar-refractivity contribution < 1.29 is 19.1 Å². The first-order chi connectivity index (χ1) is 9.96. The van der Waals surface area contributed by atoms with Gasteiger partial charge < -0.3 is 9.47 Å². The number of aliphatic imine (C=N–C) groups is 1. The fourth-order valence-corrected chi connectivity index (χ4v) is 1.30. The Kier molecular flexibility index (Phi) is 5.29. The molecule has 0 aliphatic rings. The molecule has 0 spiro atoms. The monoisotopic (exact) mass is 310 g/mol. The number of ether oxygens (including phenoxy) is 2. The molecule has 1 aromatic rings. The number of carbonyl (C=O) groups excluding carboxylic acids is 2. The highest BCUT2D eigenvalue weighted by Gasteiger charge is 2.20. The number of carbonyl (C=O) groups is 2. The summed E-state index contributed by atoms with van der Waals surface area (Å²) in [5.41, 5.74) is -1.36. The molecule has 0 aliphatic carbocycles. The van der Waals surface area contributed by atoms with E-state index in [0.717, 1.165) is 0 Å². The van der Waals surface area contributed by atoms with Gasteiger partial charge in [-0.3, -0.25) is 9.88 Å². The van der Waals surface area contributed by atoms with Gasteiger partial charge in [-0.15, -0.1) is 4.99 Å². The van der Waals surface area contributed by atoms with Gasteiger partial charge in [0.25, 0.3) is 0 Å². The summed E-state index contributed by atoms with van der Waals surface area (Å²) in [5.74, 6) is -0.0546. The zero-order valence-corrected chi connectivity index (χ0v) is 13.7. The van der Waals surface area contributed by atoms with Crippen LogP contribution in [0.25, 0.3) is 0 Å². The van der Waals surface area contributed by atoms with Gasteiger partial charge in [0, 0.05) is 12.4 Å². The Morgan fingerprint density at radius 3 is 2.14 bits per heavy atom. The van der Waals surface area contributed by atoms with Gasteiger partial charge in [-0.2, -0.15) is 0 Å². The number of rotatable bonds is 0. The van der Waals surface area contributed by atoms with E-state index in [0.29, 0.717) is 0 Å². The van der Waals surface area contributed by atoms with Crippen LogP contribution in [0.5, 0.6) is 0 Å². The molecule has 0 saturated carbocycles. The van der Waals surface area contributed by atoms with Crippen molar-refractivity contribution in [1.29, 1.82) is 0 Å². The first kappa shape index (κ1) is 17.7. The molecule has 1 aromatic heterocycles. The highest BCUT2D eigenvalue weighted by molar-refractivity contribution is 5.99. The van der Waals surface area contributed by atoms with Gasteiger partial charge in [0.05, 0.1) is 0 Å². The number of hydrogen-bond donors (Lipinski definition) is 1. The lowest BCUT2D eigenvalue weighted by molar-refractivity contribution is 0.0560. The van der Waals surface area contributed by atoms with E-state index in [1.54, 1.807) is 41.5 Å². The lowest BCUT2D eigenvalue weighted by Gasteiger charge is -2.20. The maximum absolute atomic E-state index is 11.8. The average Bonchev–Trinajstić information content (AvgIpc) is 2.75. The maximum Gasteiger partial charge on any atom is 0.437 e. The first-order valence-electron chi connectivity index (χ1n) is 6.76. The summed E-state index contributed by atoms with van der Waals surface area (Å²) in [7, 11) is 0. The Labute approximate surface area is 129 Å². The fourth-order valence-electron chi connectivity index (χ4n) is 1.30. The van der Waals surface area contributed by atoms with Crippen LogP contribution in [-0.2, 0) is 9.47 Å². The van der Waals surface area contributed by atoms with Crippen LogP contribution in [0.1, 0.15) is 41.5 Å². The zero-order chi connectivity index (χ0) is 17.0. The normalized spacial score (nSPS) is 12.7. The molecule has 1 N–H and O–H groups in total. The molecule has 8 heteroatoms. The average molecular weight is 310 g/mol. The SMILES string of the molecule is CC(C)(C)OC(=O)/N=C(/NC(=O)OC(C)(C)C)n1ccnc1. The van der Waals surface area contributed by atoms with Crippen LogP contribution in [0, 0.1) is 0 Å². The number of alkyl carbamates (subject to hydrolysis) is 1. The van der Waals surface area contributed by atoms with E-state index in [9.17, 15) is 9.59 Å². The first-order valence-corrected chi connectivity index (χ1v) is 6.76. The lowest BCUT2D eigenvalue weighted by Crippen LogP contribution is -2.40.